The molecule has 0 aromatic heterocycles. The average Bonchev–Trinajstić information content (AvgIpc) is 2.69. The number of aryl methyl sites for hydroxylation is 1. The lowest BCUT2D eigenvalue weighted by molar-refractivity contribution is -0.132. The first-order valence-electron chi connectivity index (χ1n) is 10.00. The zero-order chi connectivity index (χ0) is 21.4. The van der Waals surface area contributed by atoms with Crippen LogP contribution in [-0.2, 0) is 16.0 Å². The third-order valence-electron chi connectivity index (χ3n) is 5.00. The molecule has 2 amide bonds. The molecule has 0 radical (unpaired) electrons. The van der Waals surface area contributed by atoms with E-state index in [4.69, 9.17) is 0 Å². The number of benzene rings is 2. The van der Waals surface area contributed by atoms with E-state index in [1.807, 2.05) is 25.1 Å². The van der Waals surface area contributed by atoms with Crippen molar-refractivity contribution in [3.05, 3.63) is 59.4 Å². The molecular formula is C23H30FN3O2. The number of hydrogen-bond acceptors (Lipinski definition) is 3. The average molecular weight is 400 g/mol. The molecule has 156 valence electrons. The second kappa shape index (κ2) is 10.6. The maximum absolute atomic E-state index is 13.8. The molecule has 0 aliphatic rings. The lowest BCUT2D eigenvalue weighted by Gasteiger charge is -2.23. The van der Waals surface area contributed by atoms with Crippen molar-refractivity contribution in [2.24, 2.45) is 0 Å². The highest BCUT2D eigenvalue weighted by Crippen LogP contribution is 2.22. The predicted octanol–water partition coefficient (Wildman–Crippen LogP) is 4.01. The Kier molecular flexibility index (Phi) is 8.19. The SMILES string of the molecule is CCN(CC)c1ccc(NC(=O)CN(CCc2ccccc2F)C(C)=O)c(C)c1. The summed E-state index contributed by atoms with van der Waals surface area (Å²) < 4.78 is 13.8. The van der Waals surface area contributed by atoms with Crippen LogP contribution < -0.4 is 10.2 Å². The molecule has 0 aliphatic carbocycles. The number of carbonyl (C=O) groups excluding carboxylic acids is 2. The van der Waals surface area contributed by atoms with Crippen molar-refractivity contribution < 1.29 is 14.0 Å². The summed E-state index contributed by atoms with van der Waals surface area (Å²) in [6.45, 7) is 9.61. The molecule has 0 unspecified atom stereocenters. The van der Waals surface area contributed by atoms with E-state index >= 15 is 0 Å². The quantitative estimate of drug-likeness (QED) is 0.693. The van der Waals surface area contributed by atoms with Gasteiger partial charge in [0.15, 0.2) is 0 Å². The summed E-state index contributed by atoms with van der Waals surface area (Å²) in [4.78, 5) is 28.1. The summed E-state index contributed by atoms with van der Waals surface area (Å²) >= 11 is 0. The second-order valence-corrected chi connectivity index (χ2v) is 7.00. The number of halogens is 1. The summed E-state index contributed by atoms with van der Waals surface area (Å²) in [5, 5.41) is 2.88. The van der Waals surface area contributed by atoms with E-state index in [0.29, 0.717) is 12.0 Å². The van der Waals surface area contributed by atoms with Crippen LogP contribution in [0.15, 0.2) is 42.5 Å². The van der Waals surface area contributed by atoms with E-state index in [1.165, 1.54) is 17.9 Å². The van der Waals surface area contributed by atoms with Crippen molar-refractivity contribution in [1.29, 1.82) is 0 Å². The molecular weight excluding hydrogens is 369 g/mol. The highest BCUT2D eigenvalue weighted by Gasteiger charge is 2.15. The lowest BCUT2D eigenvalue weighted by Crippen LogP contribution is -2.38. The van der Waals surface area contributed by atoms with Gasteiger partial charge in [-0.25, -0.2) is 4.39 Å². The molecule has 0 atom stereocenters. The number of nitrogens with one attached hydrogen (secondary N) is 1. The molecule has 0 heterocycles. The van der Waals surface area contributed by atoms with E-state index in [9.17, 15) is 14.0 Å². The van der Waals surface area contributed by atoms with Crippen molar-refractivity contribution in [3.63, 3.8) is 0 Å². The first-order chi connectivity index (χ1) is 13.8. The topological polar surface area (TPSA) is 52.7 Å². The van der Waals surface area contributed by atoms with Crippen molar-refractivity contribution in [1.82, 2.24) is 4.90 Å². The zero-order valence-corrected chi connectivity index (χ0v) is 17.7. The van der Waals surface area contributed by atoms with Gasteiger partial charge in [-0.1, -0.05) is 18.2 Å². The van der Waals surface area contributed by atoms with Crippen molar-refractivity contribution in [2.45, 2.75) is 34.1 Å². The van der Waals surface area contributed by atoms with Gasteiger partial charge in [0.1, 0.15) is 5.82 Å². The van der Waals surface area contributed by atoms with Crippen molar-refractivity contribution in [3.8, 4) is 0 Å². The Morgan fingerprint density at radius 3 is 2.34 bits per heavy atom. The number of anilines is 2. The molecule has 5 nitrogen and oxygen atoms in total. The molecule has 0 aliphatic heterocycles. The summed E-state index contributed by atoms with van der Waals surface area (Å²) in [7, 11) is 0. The molecule has 0 bridgehead atoms. The Labute approximate surface area is 172 Å². The Morgan fingerprint density at radius 2 is 1.76 bits per heavy atom. The fourth-order valence-corrected chi connectivity index (χ4v) is 3.24. The normalized spacial score (nSPS) is 10.5. The maximum Gasteiger partial charge on any atom is 0.244 e. The summed E-state index contributed by atoms with van der Waals surface area (Å²) in [6.07, 6.45) is 0.358. The largest absolute Gasteiger partial charge is 0.372 e. The summed E-state index contributed by atoms with van der Waals surface area (Å²) in [6, 6.07) is 12.4. The number of hydrogen-bond donors (Lipinski definition) is 1. The van der Waals surface area contributed by atoms with Crippen LogP contribution in [0.2, 0.25) is 0 Å². The van der Waals surface area contributed by atoms with Gasteiger partial charge in [0.25, 0.3) is 0 Å². The van der Waals surface area contributed by atoms with Crippen LogP contribution in [0.3, 0.4) is 0 Å². The minimum Gasteiger partial charge on any atom is -0.372 e. The number of carbonyl (C=O) groups is 2. The first kappa shape index (κ1) is 22.4. The monoisotopic (exact) mass is 399 g/mol. The van der Waals surface area contributed by atoms with Gasteiger partial charge in [0, 0.05) is 37.9 Å². The smallest absolute Gasteiger partial charge is 0.244 e. The third-order valence-corrected chi connectivity index (χ3v) is 5.00. The van der Waals surface area contributed by atoms with Gasteiger partial charge >= 0.3 is 0 Å². The molecule has 0 saturated carbocycles. The zero-order valence-electron chi connectivity index (χ0n) is 17.7. The van der Waals surface area contributed by atoms with Crippen LogP contribution >= 0.6 is 0 Å². The van der Waals surface area contributed by atoms with Crippen LogP contribution in [0.5, 0.6) is 0 Å². The Hall–Kier alpha value is -2.89. The van der Waals surface area contributed by atoms with Crippen molar-refractivity contribution in [2.75, 3.05) is 36.4 Å². The van der Waals surface area contributed by atoms with Gasteiger partial charge < -0.3 is 15.1 Å². The van der Waals surface area contributed by atoms with E-state index < -0.39 is 0 Å². The minimum absolute atomic E-state index is 0.0684. The van der Waals surface area contributed by atoms with Gasteiger partial charge in [-0.15, -0.1) is 0 Å². The van der Waals surface area contributed by atoms with Crippen LogP contribution in [0, 0.1) is 12.7 Å². The molecule has 1 N–H and O–H groups in total. The van der Waals surface area contributed by atoms with Crippen LogP contribution in [0.1, 0.15) is 31.9 Å². The molecule has 2 rings (SSSR count). The maximum atomic E-state index is 13.8. The summed E-state index contributed by atoms with van der Waals surface area (Å²) in [5.74, 6) is -0.790. The molecule has 0 spiro atoms. The van der Waals surface area contributed by atoms with Gasteiger partial charge in [-0.3, -0.25) is 9.59 Å². The lowest BCUT2D eigenvalue weighted by atomic mass is 10.1. The third kappa shape index (κ3) is 6.31. The van der Waals surface area contributed by atoms with Gasteiger partial charge in [-0.05, 0) is 62.6 Å². The molecule has 2 aromatic carbocycles. The minimum atomic E-state index is -0.302. The van der Waals surface area contributed by atoms with Gasteiger partial charge in [0.05, 0.1) is 6.54 Å². The Bertz CT molecular complexity index is 850. The molecule has 0 fully saturated rings. The van der Waals surface area contributed by atoms with E-state index in [-0.39, 0.29) is 30.7 Å². The number of amides is 2. The second-order valence-electron chi connectivity index (χ2n) is 7.00. The van der Waals surface area contributed by atoms with Crippen LogP contribution in [-0.4, -0.2) is 42.9 Å². The summed E-state index contributed by atoms with van der Waals surface area (Å²) in [5.41, 5.74) is 3.33. The number of nitrogens with zero attached hydrogens (tertiary/aromatic N) is 2. The van der Waals surface area contributed by atoms with Gasteiger partial charge in [0.2, 0.25) is 11.8 Å². The first-order valence-corrected chi connectivity index (χ1v) is 10.00. The van der Waals surface area contributed by atoms with Crippen LogP contribution in [0.4, 0.5) is 15.8 Å². The van der Waals surface area contributed by atoms with E-state index in [2.05, 4.69) is 24.1 Å². The van der Waals surface area contributed by atoms with Gasteiger partial charge in [-0.2, -0.15) is 0 Å². The molecule has 6 heteroatoms. The highest BCUT2D eigenvalue weighted by molar-refractivity contribution is 5.95. The van der Waals surface area contributed by atoms with E-state index in [0.717, 1.165) is 30.0 Å². The fourth-order valence-electron chi connectivity index (χ4n) is 3.24. The molecule has 0 saturated heterocycles. The highest BCUT2D eigenvalue weighted by atomic mass is 19.1. The molecule has 2 aromatic rings. The fraction of sp³-hybridized carbons (Fsp3) is 0.391. The van der Waals surface area contributed by atoms with Crippen LogP contribution in [0.25, 0.3) is 0 Å². The standard InChI is InChI=1S/C23H30FN3O2/c1-5-26(6-2)20-11-12-22(17(3)15-20)25-23(29)16-27(18(4)28)14-13-19-9-7-8-10-21(19)24/h7-12,15H,5-6,13-14,16H2,1-4H3,(H,25,29). The van der Waals surface area contributed by atoms with E-state index in [1.54, 1.807) is 18.2 Å². The Morgan fingerprint density at radius 1 is 1.07 bits per heavy atom. The van der Waals surface area contributed by atoms with Crippen molar-refractivity contribution >= 4 is 23.2 Å². The predicted molar refractivity (Wildman–Crippen MR) is 116 cm³/mol. The Balaban J connectivity index is 2.00. The molecule has 29 heavy (non-hydrogen) atoms. The number of rotatable bonds is 9.